The molecule has 0 aromatic heterocycles. The van der Waals surface area contributed by atoms with E-state index < -0.39 is 0 Å². The van der Waals surface area contributed by atoms with Gasteiger partial charge in [-0.1, -0.05) is 37.5 Å². The summed E-state index contributed by atoms with van der Waals surface area (Å²) in [6, 6.07) is 6.83. The molecule has 3 rings (SSSR count). The van der Waals surface area contributed by atoms with Gasteiger partial charge in [0.1, 0.15) is 0 Å². The minimum absolute atomic E-state index is 0.179. The lowest BCUT2D eigenvalue weighted by Crippen LogP contribution is -2.17. The van der Waals surface area contributed by atoms with E-state index in [0.717, 1.165) is 17.4 Å². The van der Waals surface area contributed by atoms with Gasteiger partial charge in [-0.2, -0.15) is 11.8 Å². The molecule has 0 amide bonds. The summed E-state index contributed by atoms with van der Waals surface area (Å²) in [5.74, 6) is 0.905. The van der Waals surface area contributed by atoms with Gasteiger partial charge in [0.25, 0.3) is 0 Å². The van der Waals surface area contributed by atoms with E-state index in [0.29, 0.717) is 0 Å². The highest BCUT2D eigenvalue weighted by Gasteiger charge is 2.17. The molecule has 1 unspecified atom stereocenters. The number of benzene rings is 1. The summed E-state index contributed by atoms with van der Waals surface area (Å²) in [5.41, 5.74) is 4.37. The summed E-state index contributed by atoms with van der Waals surface area (Å²) in [6.07, 6.45) is 11.3. The zero-order chi connectivity index (χ0) is 13.8. The summed E-state index contributed by atoms with van der Waals surface area (Å²) < 4.78 is 0. The van der Waals surface area contributed by atoms with Crippen molar-refractivity contribution in [3.05, 3.63) is 34.9 Å². The zero-order valence-electron chi connectivity index (χ0n) is 12.3. The van der Waals surface area contributed by atoms with Gasteiger partial charge in [-0.15, -0.1) is 0 Å². The van der Waals surface area contributed by atoms with Crippen LogP contribution in [-0.4, -0.2) is 22.2 Å². The number of aliphatic hydroxyl groups is 1. The van der Waals surface area contributed by atoms with Gasteiger partial charge in [-0.05, 0) is 55.2 Å². The van der Waals surface area contributed by atoms with E-state index in [1.54, 1.807) is 0 Å². The number of fused-ring (bicyclic) bond motifs is 1. The van der Waals surface area contributed by atoms with Crippen molar-refractivity contribution in [2.45, 2.75) is 69.1 Å². The third-order valence-electron chi connectivity index (χ3n) is 4.71. The van der Waals surface area contributed by atoms with Gasteiger partial charge < -0.3 is 5.11 Å². The molecule has 2 aliphatic rings. The standard InChI is InChI=1S/C18H26OS/c19-17(13-20-18-7-2-1-3-8-18)12-14-9-10-15-5-4-6-16(15)11-14/h9-11,17-19H,1-8,12-13H2. The van der Waals surface area contributed by atoms with Gasteiger partial charge >= 0.3 is 0 Å². The average Bonchev–Trinajstić information content (AvgIpc) is 2.94. The van der Waals surface area contributed by atoms with E-state index >= 15 is 0 Å². The third-order valence-corrected chi connectivity index (χ3v) is 6.23. The second kappa shape index (κ2) is 7.00. The van der Waals surface area contributed by atoms with Crippen molar-refractivity contribution in [1.82, 2.24) is 0 Å². The van der Waals surface area contributed by atoms with Crippen molar-refractivity contribution in [3.63, 3.8) is 0 Å². The van der Waals surface area contributed by atoms with Gasteiger partial charge in [0, 0.05) is 11.0 Å². The summed E-state index contributed by atoms with van der Waals surface area (Å²) in [6.45, 7) is 0. The minimum atomic E-state index is -0.179. The molecule has 1 aromatic rings. The number of rotatable bonds is 5. The minimum Gasteiger partial charge on any atom is -0.392 e. The smallest absolute Gasteiger partial charge is 0.0670 e. The average molecular weight is 290 g/mol. The Hall–Kier alpha value is -0.470. The molecule has 2 aliphatic carbocycles. The monoisotopic (exact) mass is 290 g/mol. The molecule has 1 fully saturated rings. The molecule has 1 N–H and O–H groups in total. The second-order valence-corrected chi connectivity index (χ2v) is 7.74. The van der Waals surface area contributed by atoms with Crippen LogP contribution in [0.15, 0.2) is 18.2 Å². The van der Waals surface area contributed by atoms with Crippen molar-refractivity contribution in [2.24, 2.45) is 0 Å². The maximum absolute atomic E-state index is 10.3. The lowest BCUT2D eigenvalue weighted by atomic mass is 10.0. The molecule has 20 heavy (non-hydrogen) atoms. The van der Waals surface area contributed by atoms with Gasteiger partial charge in [-0.25, -0.2) is 0 Å². The van der Waals surface area contributed by atoms with Crippen molar-refractivity contribution in [3.8, 4) is 0 Å². The molecule has 2 heteroatoms. The van der Waals surface area contributed by atoms with Gasteiger partial charge in [0.05, 0.1) is 6.10 Å². The second-order valence-electron chi connectivity index (χ2n) is 6.41. The number of aliphatic hydroxyl groups excluding tert-OH is 1. The van der Waals surface area contributed by atoms with E-state index in [-0.39, 0.29) is 6.10 Å². The Bertz CT molecular complexity index is 437. The van der Waals surface area contributed by atoms with Crippen molar-refractivity contribution in [1.29, 1.82) is 0 Å². The highest BCUT2D eigenvalue weighted by atomic mass is 32.2. The molecule has 1 atom stereocenters. The lowest BCUT2D eigenvalue weighted by molar-refractivity contribution is 0.200. The Morgan fingerprint density at radius 1 is 1.05 bits per heavy atom. The van der Waals surface area contributed by atoms with Crippen molar-refractivity contribution in [2.75, 3.05) is 5.75 Å². The predicted octanol–water partition coefficient (Wildman–Crippen LogP) is 4.14. The Morgan fingerprint density at radius 2 is 1.85 bits per heavy atom. The molecule has 1 aromatic carbocycles. The van der Waals surface area contributed by atoms with Crippen molar-refractivity contribution < 1.29 is 5.11 Å². The topological polar surface area (TPSA) is 20.2 Å². The summed E-state index contributed by atoms with van der Waals surface area (Å²) in [5, 5.41) is 11.1. The van der Waals surface area contributed by atoms with Crippen LogP contribution < -0.4 is 0 Å². The van der Waals surface area contributed by atoms with E-state index in [1.165, 1.54) is 68.1 Å². The van der Waals surface area contributed by atoms with E-state index in [2.05, 4.69) is 18.2 Å². The molecular weight excluding hydrogens is 264 g/mol. The molecule has 0 aliphatic heterocycles. The predicted molar refractivity (Wildman–Crippen MR) is 87.5 cm³/mol. The zero-order valence-corrected chi connectivity index (χ0v) is 13.1. The van der Waals surface area contributed by atoms with Gasteiger partial charge in [-0.3, -0.25) is 0 Å². The summed E-state index contributed by atoms with van der Waals surface area (Å²) >= 11 is 2.00. The fourth-order valence-electron chi connectivity index (χ4n) is 3.56. The Balaban J connectivity index is 1.47. The molecule has 0 saturated heterocycles. The summed E-state index contributed by atoms with van der Waals surface area (Å²) in [7, 11) is 0. The third kappa shape index (κ3) is 3.79. The Labute approximate surface area is 127 Å². The first-order chi connectivity index (χ1) is 9.81. The molecule has 1 saturated carbocycles. The molecule has 0 heterocycles. The van der Waals surface area contributed by atoms with Crippen LogP contribution in [0.1, 0.15) is 55.2 Å². The Morgan fingerprint density at radius 3 is 2.70 bits per heavy atom. The molecule has 0 spiro atoms. The van der Waals surface area contributed by atoms with Crippen LogP contribution in [0, 0.1) is 0 Å². The fourth-order valence-corrected chi connectivity index (χ4v) is 4.84. The molecule has 1 nitrogen and oxygen atoms in total. The molecule has 110 valence electrons. The maximum atomic E-state index is 10.3. The normalized spacial score (nSPS) is 20.9. The SMILES string of the molecule is OC(CSC1CCCCC1)Cc1ccc2c(c1)CCC2. The van der Waals surface area contributed by atoms with Crippen LogP contribution in [0.2, 0.25) is 0 Å². The number of thioether (sulfide) groups is 1. The first kappa shape index (κ1) is 14.5. The lowest BCUT2D eigenvalue weighted by Gasteiger charge is -2.22. The van der Waals surface area contributed by atoms with Crippen LogP contribution in [0.5, 0.6) is 0 Å². The fraction of sp³-hybridized carbons (Fsp3) is 0.667. The van der Waals surface area contributed by atoms with Gasteiger partial charge in [0.15, 0.2) is 0 Å². The quantitative estimate of drug-likeness (QED) is 0.879. The van der Waals surface area contributed by atoms with Crippen LogP contribution in [-0.2, 0) is 19.3 Å². The van der Waals surface area contributed by atoms with Gasteiger partial charge in [0.2, 0.25) is 0 Å². The van der Waals surface area contributed by atoms with Crippen LogP contribution in [0.3, 0.4) is 0 Å². The number of hydrogen-bond acceptors (Lipinski definition) is 2. The molecule has 0 radical (unpaired) electrons. The first-order valence-corrected chi connectivity index (χ1v) is 9.26. The highest BCUT2D eigenvalue weighted by Crippen LogP contribution is 2.29. The van der Waals surface area contributed by atoms with E-state index in [1.807, 2.05) is 11.8 Å². The Kier molecular flexibility index (Phi) is 5.06. The van der Waals surface area contributed by atoms with Crippen LogP contribution in [0.25, 0.3) is 0 Å². The van der Waals surface area contributed by atoms with Crippen LogP contribution in [0.4, 0.5) is 0 Å². The van der Waals surface area contributed by atoms with E-state index in [4.69, 9.17) is 0 Å². The highest BCUT2D eigenvalue weighted by molar-refractivity contribution is 7.99. The van der Waals surface area contributed by atoms with E-state index in [9.17, 15) is 5.11 Å². The molecular formula is C18H26OS. The maximum Gasteiger partial charge on any atom is 0.0670 e. The van der Waals surface area contributed by atoms with Crippen LogP contribution >= 0.6 is 11.8 Å². The largest absolute Gasteiger partial charge is 0.392 e. The first-order valence-electron chi connectivity index (χ1n) is 8.21. The molecule has 0 bridgehead atoms. The number of hydrogen-bond donors (Lipinski definition) is 1. The number of aryl methyl sites for hydroxylation is 2. The van der Waals surface area contributed by atoms with Crippen molar-refractivity contribution >= 4 is 11.8 Å². The summed E-state index contributed by atoms with van der Waals surface area (Å²) in [4.78, 5) is 0.